The summed E-state index contributed by atoms with van der Waals surface area (Å²) in [6.07, 6.45) is 5.45. The lowest BCUT2D eigenvalue weighted by Gasteiger charge is -2.14. The van der Waals surface area contributed by atoms with E-state index in [9.17, 15) is 13.6 Å². The Bertz CT molecular complexity index is 482. The van der Waals surface area contributed by atoms with E-state index in [0.29, 0.717) is 0 Å². The summed E-state index contributed by atoms with van der Waals surface area (Å²) in [5, 5.41) is 8.46. The number of rotatable bonds is 4. The molecule has 0 unspecified atom stereocenters. The highest BCUT2D eigenvalue weighted by Gasteiger charge is 2.21. The first-order valence-corrected chi connectivity index (χ1v) is 6.13. The maximum absolute atomic E-state index is 13.7. The van der Waals surface area contributed by atoms with Crippen molar-refractivity contribution in [3.8, 4) is 5.75 Å². The van der Waals surface area contributed by atoms with Gasteiger partial charge in [0.2, 0.25) is 0 Å². The van der Waals surface area contributed by atoms with Crippen LogP contribution >= 0.6 is 0 Å². The van der Waals surface area contributed by atoms with E-state index in [-0.39, 0.29) is 17.4 Å². The summed E-state index contributed by atoms with van der Waals surface area (Å²) in [6, 6.07) is 2.12. The number of halogens is 2. The molecule has 0 saturated heterocycles. The molecule has 2 rings (SSSR count). The molecule has 102 valence electrons. The number of carboxylic acids is 1. The molecular weight excluding hydrogens is 254 g/mol. The fraction of sp³-hybridized carbons (Fsp3) is 0.357. The van der Waals surface area contributed by atoms with Crippen LogP contribution in [0.5, 0.6) is 5.75 Å². The van der Waals surface area contributed by atoms with Gasteiger partial charge in [0.25, 0.3) is 0 Å². The number of carbonyl (C=O) groups is 1. The van der Waals surface area contributed by atoms with Crippen LogP contribution in [0.15, 0.2) is 18.2 Å². The van der Waals surface area contributed by atoms with Crippen LogP contribution in [0.1, 0.15) is 31.2 Å². The highest BCUT2D eigenvalue weighted by molar-refractivity contribution is 5.85. The largest absolute Gasteiger partial charge is 0.484 e. The molecule has 1 aromatic carbocycles. The number of carboxylic acid groups (broad SMARTS) is 1. The smallest absolute Gasteiger partial charge is 0.328 e. The minimum Gasteiger partial charge on any atom is -0.484 e. The molecule has 1 fully saturated rings. The van der Waals surface area contributed by atoms with E-state index >= 15 is 0 Å². The second-order valence-corrected chi connectivity index (χ2v) is 4.51. The maximum Gasteiger partial charge on any atom is 0.328 e. The quantitative estimate of drug-likeness (QED) is 0.851. The Morgan fingerprint density at radius 2 is 1.84 bits per heavy atom. The molecule has 1 aliphatic rings. The minimum atomic E-state index is -1.17. The van der Waals surface area contributed by atoms with Crippen LogP contribution in [-0.2, 0) is 4.79 Å². The van der Waals surface area contributed by atoms with Crippen molar-refractivity contribution < 1.29 is 23.4 Å². The summed E-state index contributed by atoms with van der Waals surface area (Å²) < 4.78 is 32.8. The number of hydrogen-bond acceptors (Lipinski definition) is 2. The Balaban J connectivity index is 2.18. The summed E-state index contributed by atoms with van der Waals surface area (Å²) in [7, 11) is 0. The summed E-state index contributed by atoms with van der Waals surface area (Å²) in [5.41, 5.74) is 0.149. The standard InChI is InChI=1S/C14H14F2O3/c15-11-7-9(5-6-13(17)18)8-12(16)14(11)19-10-3-1-2-4-10/h5-8,10H,1-4H2,(H,17,18). The number of hydrogen-bond donors (Lipinski definition) is 1. The zero-order valence-electron chi connectivity index (χ0n) is 10.2. The third-order valence-corrected chi connectivity index (χ3v) is 3.03. The third-order valence-electron chi connectivity index (χ3n) is 3.03. The predicted molar refractivity (Wildman–Crippen MR) is 65.9 cm³/mol. The zero-order valence-corrected chi connectivity index (χ0v) is 10.2. The van der Waals surface area contributed by atoms with Gasteiger partial charge in [-0.05, 0) is 49.5 Å². The van der Waals surface area contributed by atoms with Gasteiger partial charge in [0.05, 0.1) is 6.10 Å². The van der Waals surface area contributed by atoms with E-state index in [1.807, 2.05) is 0 Å². The van der Waals surface area contributed by atoms with Crippen molar-refractivity contribution in [2.24, 2.45) is 0 Å². The van der Waals surface area contributed by atoms with E-state index in [1.165, 1.54) is 0 Å². The summed E-state index contributed by atoms with van der Waals surface area (Å²) in [4.78, 5) is 10.3. The molecule has 0 bridgehead atoms. The Morgan fingerprint density at radius 3 is 2.37 bits per heavy atom. The van der Waals surface area contributed by atoms with Gasteiger partial charge in [0.1, 0.15) is 0 Å². The van der Waals surface area contributed by atoms with Crippen LogP contribution in [0.4, 0.5) is 8.78 Å². The van der Waals surface area contributed by atoms with Gasteiger partial charge in [-0.1, -0.05) is 0 Å². The lowest BCUT2D eigenvalue weighted by atomic mass is 10.2. The van der Waals surface area contributed by atoms with Crippen LogP contribution in [0.25, 0.3) is 6.08 Å². The van der Waals surface area contributed by atoms with Crippen molar-refractivity contribution in [3.05, 3.63) is 35.4 Å². The van der Waals surface area contributed by atoms with Crippen LogP contribution in [0.2, 0.25) is 0 Å². The molecule has 0 radical (unpaired) electrons. The molecule has 0 aromatic heterocycles. The van der Waals surface area contributed by atoms with Gasteiger partial charge in [0.15, 0.2) is 17.4 Å². The molecule has 0 atom stereocenters. The van der Waals surface area contributed by atoms with Gasteiger partial charge in [0, 0.05) is 6.08 Å². The number of benzene rings is 1. The summed E-state index contributed by atoms with van der Waals surface area (Å²) >= 11 is 0. The second-order valence-electron chi connectivity index (χ2n) is 4.51. The molecule has 1 aromatic rings. The van der Waals surface area contributed by atoms with Crippen molar-refractivity contribution >= 4 is 12.0 Å². The average Bonchev–Trinajstić information content (AvgIpc) is 2.84. The summed E-state index contributed by atoms with van der Waals surface area (Å²) in [5.74, 6) is -3.17. The number of aliphatic carboxylic acids is 1. The van der Waals surface area contributed by atoms with Crippen molar-refractivity contribution in [2.45, 2.75) is 31.8 Å². The van der Waals surface area contributed by atoms with Crippen LogP contribution in [0, 0.1) is 11.6 Å². The molecular formula is C14H14F2O3. The molecule has 1 N–H and O–H groups in total. The predicted octanol–water partition coefficient (Wildman–Crippen LogP) is 3.38. The van der Waals surface area contributed by atoms with E-state index in [1.54, 1.807) is 0 Å². The van der Waals surface area contributed by atoms with E-state index in [0.717, 1.165) is 50.0 Å². The first-order chi connectivity index (χ1) is 9.06. The van der Waals surface area contributed by atoms with Gasteiger partial charge in [-0.3, -0.25) is 0 Å². The molecule has 0 aliphatic heterocycles. The van der Waals surface area contributed by atoms with Crippen molar-refractivity contribution in [3.63, 3.8) is 0 Å². The first-order valence-electron chi connectivity index (χ1n) is 6.13. The average molecular weight is 268 g/mol. The Kier molecular flexibility index (Phi) is 4.14. The normalized spacial score (nSPS) is 16.1. The molecule has 0 amide bonds. The van der Waals surface area contributed by atoms with Crippen molar-refractivity contribution in [2.75, 3.05) is 0 Å². The fourth-order valence-corrected chi connectivity index (χ4v) is 2.13. The molecule has 5 heteroatoms. The highest BCUT2D eigenvalue weighted by atomic mass is 19.1. The molecule has 19 heavy (non-hydrogen) atoms. The second kappa shape index (κ2) is 5.82. The van der Waals surface area contributed by atoms with Gasteiger partial charge in [-0.25, -0.2) is 13.6 Å². The van der Waals surface area contributed by atoms with Crippen LogP contribution < -0.4 is 4.74 Å². The minimum absolute atomic E-state index is 0.135. The monoisotopic (exact) mass is 268 g/mol. The van der Waals surface area contributed by atoms with E-state index < -0.39 is 17.6 Å². The summed E-state index contributed by atoms with van der Waals surface area (Å²) in [6.45, 7) is 0. The van der Waals surface area contributed by atoms with Crippen LogP contribution in [-0.4, -0.2) is 17.2 Å². The third kappa shape index (κ3) is 3.53. The lowest BCUT2D eigenvalue weighted by molar-refractivity contribution is -0.131. The molecule has 3 nitrogen and oxygen atoms in total. The Morgan fingerprint density at radius 1 is 1.26 bits per heavy atom. The zero-order chi connectivity index (χ0) is 13.8. The van der Waals surface area contributed by atoms with E-state index in [4.69, 9.17) is 9.84 Å². The van der Waals surface area contributed by atoms with E-state index in [2.05, 4.69) is 0 Å². The molecule has 1 aliphatic carbocycles. The fourth-order valence-electron chi connectivity index (χ4n) is 2.13. The van der Waals surface area contributed by atoms with Gasteiger partial charge in [-0.15, -0.1) is 0 Å². The van der Waals surface area contributed by atoms with Gasteiger partial charge < -0.3 is 9.84 Å². The molecule has 0 spiro atoms. The highest BCUT2D eigenvalue weighted by Crippen LogP contribution is 2.29. The topological polar surface area (TPSA) is 46.5 Å². The van der Waals surface area contributed by atoms with Gasteiger partial charge in [-0.2, -0.15) is 0 Å². The SMILES string of the molecule is O=C(O)C=Cc1cc(F)c(OC2CCCC2)c(F)c1. The lowest BCUT2D eigenvalue weighted by Crippen LogP contribution is -2.13. The molecule has 0 heterocycles. The number of ether oxygens (including phenoxy) is 1. The van der Waals surface area contributed by atoms with Crippen LogP contribution in [0.3, 0.4) is 0 Å². The first kappa shape index (κ1) is 13.5. The Hall–Kier alpha value is -1.91. The maximum atomic E-state index is 13.7. The van der Waals surface area contributed by atoms with Gasteiger partial charge >= 0.3 is 5.97 Å². The van der Waals surface area contributed by atoms with Crippen molar-refractivity contribution in [1.29, 1.82) is 0 Å². The molecule has 1 saturated carbocycles. The Labute approximate surface area is 109 Å². The van der Waals surface area contributed by atoms with Crippen molar-refractivity contribution in [1.82, 2.24) is 0 Å².